The van der Waals surface area contributed by atoms with E-state index in [2.05, 4.69) is 21.9 Å². The van der Waals surface area contributed by atoms with Gasteiger partial charge in [-0.05, 0) is 18.2 Å². The molecule has 1 rings (SSSR count). The molecule has 0 aliphatic rings. The number of hydrogen-bond donors (Lipinski definition) is 0. The van der Waals surface area contributed by atoms with Crippen molar-refractivity contribution >= 4 is 15.9 Å². The van der Waals surface area contributed by atoms with Gasteiger partial charge in [-0.2, -0.15) is 0 Å². The first-order valence-corrected chi connectivity index (χ1v) is 3.44. The summed E-state index contributed by atoms with van der Waals surface area (Å²) in [7, 11) is 0. The minimum atomic E-state index is -0.317. The van der Waals surface area contributed by atoms with Gasteiger partial charge in [0.25, 0.3) is 0 Å². The van der Waals surface area contributed by atoms with Crippen LogP contribution in [0.15, 0.2) is 22.7 Å². The number of hydrogen-bond acceptors (Lipinski definition) is 0. The third-order valence-electron chi connectivity index (χ3n) is 1.03. The molecule has 0 aromatic heterocycles. The lowest BCUT2D eigenvalue weighted by Crippen LogP contribution is -1.77. The van der Waals surface area contributed by atoms with Gasteiger partial charge < -0.3 is 0 Å². The van der Waals surface area contributed by atoms with Gasteiger partial charge >= 0.3 is 0 Å². The molecule has 0 unspecified atom stereocenters. The quantitative estimate of drug-likeness (QED) is 0.563. The van der Waals surface area contributed by atoms with E-state index in [1.54, 1.807) is 6.07 Å². The molecular weight excluding hydrogens is 195 g/mol. The van der Waals surface area contributed by atoms with Crippen LogP contribution in [0, 0.1) is 18.2 Å². The zero-order chi connectivity index (χ0) is 7.56. The third kappa shape index (κ3) is 1.58. The first-order chi connectivity index (χ1) is 4.72. The van der Waals surface area contributed by atoms with E-state index in [9.17, 15) is 4.39 Å². The summed E-state index contributed by atoms with van der Waals surface area (Å²) in [6.45, 7) is 0. The summed E-state index contributed by atoms with van der Waals surface area (Å²) < 4.78 is 13.2. The average molecular weight is 199 g/mol. The molecule has 0 nitrogen and oxygen atoms in total. The summed E-state index contributed by atoms with van der Waals surface area (Å²) in [6, 6.07) is 4.36. The molecule has 1 aromatic carbocycles. The summed E-state index contributed by atoms with van der Waals surface area (Å²) in [5.74, 6) is 2.02. The van der Waals surface area contributed by atoms with Crippen LogP contribution in [0.4, 0.5) is 4.39 Å². The van der Waals surface area contributed by atoms with Crippen molar-refractivity contribution in [2.45, 2.75) is 0 Å². The molecule has 0 aliphatic carbocycles. The Hall–Kier alpha value is -0.810. The fourth-order valence-electron chi connectivity index (χ4n) is 0.637. The van der Waals surface area contributed by atoms with Gasteiger partial charge in [0.1, 0.15) is 5.82 Å². The van der Waals surface area contributed by atoms with Gasteiger partial charge in [-0.1, -0.05) is 21.9 Å². The Kier molecular flexibility index (Phi) is 2.08. The van der Waals surface area contributed by atoms with E-state index in [4.69, 9.17) is 6.42 Å². The number of benzene rings is 1. The molecule has 0 bridgehead atoms. The molecule has 1 aromatic rings. The highest BCUT2D eigenvalue weighted by Crippen LogP contribution is 2.13. The van der Waals surface area contributed by atoms with Crippen LogP contribution in [0.3, 0.4) is 0 Å². The molecule has 10 heavy (non-hydrogen) atoms. The lowest BCUT2D eigenvalue weighted by Gasteiger charge is -1.92. The van der Waals surface area contributed by atoms with Gasteiger partial charge in [-0.3, -0.25) is 0 Å². The molecule has 0 fully saturated rings. The maximum atomic E-state index is 12.5. The minimum absolute atomic E-state index is 0.317. The van der Waals surface area contributed by atoms with Crippen LogP contribution in [0.1, 0.15) is 5.56 Å². The fourth-order valence-corrected chi connectivity index (χ4v) is 1.10. The predicted molar refractivity (Wildman–Crippen MR) is 42.0 cm³/mol. The summed E-state index contributed by atoms with van der Waals surface area (Å²) in [6.07, 6.45) is 5.05. The Bertz CT molecular complexity index is 266. The van der Waals surface area contributed by atoms with Crippen molar-refractivity contribution in [3.63, 3.8) is 0 Å². The van der Waals surface area contributed by atoms with Gasteiger partial charge in [0, 0.05) is 10.0 Å². The van der Waals surface area contributed by atoms with Crippen LogP contribution in [0.25, 0.3) is 0 Å². The van der Waals surface area contributed by atoms with Crippen LogP contribution in [0.5, 0.6) is 0 Å². The van der Waals surface area contributed by atoms with E-state index in [1.165, 1.54) is 12.1 Å². The highest BCUT2D eigenvalue weighted by molar-refractivity contribution is 9.10. The lowest BCUT2D eigenvalue weighted by atomic mass is 10.2. The normalized spacial score (nSPS) is 8.90. The van der Waals surface area contributed by atoms with Crippen molar-refractivity contribution in [2.75, 3.05) is 0 Å². The second-order valence-electron chi connectivity index (χ2n) is 1.80. The Labute approximate surface area is 67.2 Å². The minimum Gasteiger partial charge on any atom is -0.207 e. The topological polar surface area (TPSA) is 0 Å². The number of halogens is 2. The molecule has 50 valence electrons. The Morgan fingerprint density at radius 1 is 1.40 bits per heavy atom. The van der Waals surface area contributed by atoms with Crippen LogP contribution < -0.4 is 0 Å². The second-order valence-corrected chi connectivity index (χ2v) is 2.72. The maximum absolute atomic E-state index is 12.5. The van der Waals surface area contributed by atoms with E-state index in [-0.39, 0.29) is 5.82 Å². The first-order valence-electron chi connectivity index (χ1n) is 2.65. The van der Waals surface area contributed by atoms with E-state index < -0.39 is 0 Å². The van der Waals surface area contributed by atoms with Crippen LogP contribution in [-0.4, -0.2) is 0 Å². The SMILES string of the molecule is C#Cc1cc(F)cc(Br)c1. The molecule has 0 radical (unpaired) electrons. The van der Waals surface area contributed by atoms with Gasteiger partial charge in [-0.25, -0.2) is 4.39 Å². The average Bonchev–Trinajstić information content (AvgIpc) is 1.85. The largest absolute Gasteiger partial charge is 0.207 e. The van der Waals surface area contributed by atoms with Gasteiger partial charge in [0.05, 0.1) is 0 Å². The molecule has 0 spiro atoms. The monoisotopic (exact) mass is 198 g/mol. The van der Waals surface area contributed by atoms with Crippen molar-refractivity contribution in [3.8, 4) is 12.3 Å². The van der Waals surface area contributed by atoms with Crippen molar-refractivity contribution < 1.29 is 4.39 Å². The molecule has 0 atom stereocenters. The summed E-state index contributed by atoms with van der Waals surface area (Å²) in [5, 5.41) is 0. The highest BCUT2D eigenvalue weighted by Gasteiger charge is 1.94. The molecule has 0 amide bonds. The third-order valence-corrected chi connectivity index (χ3v) is 1.49. The van der Waals surface area contributed by atoms with E-state index in [0.717, 1.165) is 0 Å². The molecule has 0 saturated carbocycles. The Morgan fingerprint density at radius 2 is 2.10 bits per heavy atom. The van der Waals surface area contributed by atoms with E-state index >= 15 is 0 Å². The fraction of sp³-hybridized carbons (Fsp3) is 0. The van der Waals surface area contributed by atoms with Crippen molar-refractivity contribution in [3.05, 3.63) is 34.1 Å². The number of terminal acetylenes is 1. The van der Waals surface area contributed by atoms with E-state index in [0.29, 0.717) is 10.0 Å². The standard InChI is InChI=1S/C8H4BrF/c1-2-6-3-7(9)5-8(10)4-6/h1,3-5H. The van der Waals surface area contributed by atoms with Gasteiger partial charge in [0.2, 0.25) is 0 Å². The van der Waals surface area contributed by atoms with E-state index in [1.807, 2.05) is 0 Å². The molecule has 0 heterocycles. The predicted octanol–water partition coefficient (Wildman–Crippen LogP) is 2.57. The first kappa shape index (κ1) is 7.30. The smallest absolute Gasteiger partial charge is 0.125 e. The summed E-state index contributed by atoms with van der Waals surface area (Å²) in [4.78, 5) is 0. The van der Waals surface area contributed by atoms with Gasteiger partial charge in [-0.15, -0.1) is 6.42 Å². The Morgan fingerprint density at radius 3 is 2.60 bits per heavy atom. The molecular formula is C8H4BrF. The molecule has 2 heteroatoms. The van der Waals surface area contributed by atoms with Crippen molar-refractivity contribution in [1.82, 2.24) is 0 Å². The van der Waals surface area contributed by atoms with Crippen molar-refractivity contribution in [1.29, 1.82) is 0 Å². The Balaban J connectivity index is 3.22. The highest BCUT2D eigenvalue weighted by atomic mass is 79.9. The maximum Gasteiger partial charge on any atom is 0.125 e. The second kappa shape index (κ2) is 2.85. The molecule has 0 saturated heterocycles. The molecule has 0 aliphatic heterocycles. The van der Waals surface area contributed by atoms with Crippen LogP contribution in [0.2, 0.25) is 0 Å². The zero-order valence-electron chi connectivity index (χ0n) is 5.07. The lowest BCUT2D eigenvalue weighted by molar-refractivity contribution is 0.626. The van der Waals surface area contributed by atoms with Crippen LogP contribution >= 0.6 is 15.9 Å². The van der Waals surface area contributed by atoms with Crippen LogP contribution in [-0.2, 0) is 0 Å². The zero-order valence-corrected chi connectivity index (χ0v) is 6.65. The summed E-state index contributed by atoms with van der Waals surface area (Å²) >= 11 is 3.12. The van der Waals surface area contributed by atoms with Crippen molar-refractivity contribution in [2.24, 2.45) is 0 Å². The van der Waals surface area contributed by atoms with Gasteiger partial charge in [0.15, 0.2) is 0 Å². The summed E-state index contributed by atoms with van der Waals surface area (Å²) in [5.41, 5.74) is 0.548. The number of rotatable bonds is 0. The molecule has 0 N–H and O–H groups in total.